The number of nitrogens with one attached hydrogen (secondary N) is 1. The van der Waals surface area contributed by atoms with Crippen LogP contribution in [0.3, 0.4) is 0 Å². The molecule has 4 nitrogen and oxygen atoms in total. The first-order valence-electron chi connectivity index (χ1n) is 8.18. The van der Waals surface area contributed by atoms with Crippen molar-refractivity contribution >= 4 is 56.8 Å². The molecule has 0 aromatic heterocycles. The Bertz CT molecular complexity index is 945. The summed E-state index contributed by atoms with van der Waals surface area (Å²) in [6.45, 7) is 0.398. The normalized spacial score (nSPS) is 10.3. The molecule has 0 atom stereocenters. The summed E-state index contributed by atoms with van der Waals surface area (Å²) in [5, 5.41) is 2.92. The molecule has 0 fully saturated rings. The van der Waals surface area contributed by atoms with Crippen LogP contribution in [0.5, 0.6) is 11.5 Å². The first-order chi connectivity index (χ1) is 13.1. The molecule has 0 radical (unpaired) electrons. The highest BCUT2D eigenvalue weighted by atomic mass is 127. The lowest BCUT2D eigenvalue weighted by atomic mass is 10.1. The maximum absolute atomic E-state index is 12.7. The number of amides is 1. The Morgan fingerprint density at radius 2 is 1.78 bits per heavy atom. The molecule has 0 unspecified atom stereocenters. The molecule has 1 N–H and O–H groups in total. The molecule has 0 saturated carbocycles. The van der Waals surface area contributed by atoms with Gasteiger partial charge in [-0.25, -0.2) is 0 Å². The van der Waals surface area contributed by atoms with E-state index in [1.165, 1.54) is 0 Å². The molecule has 0 spiro atoms. The Kier molecular flexibility index (Phi) is 6.95. The van der Waals surface area contributed by atoms with Gasteiger partial charge in [0.2, 0.25) is 0 Å². The summed E-state index contributed by atoms with van der Waals surface area (Å²) in [4.78, 5) is 12.7. The molecule has 0 aliphatic heterocycles. The first-order valence-corrected chi connectivity index (χ1v) is 10.3. The molecule has 3 rings (SSSR count). The van der Waals surface area contributed by atoms with Crippen molar-refractivity contribution in [2.75, 3.05) is 12.4 Å². The van der Waals surface area contributed by atoms with Gasteiger partial charge < -0.3 is 14.8 Å². The molecule has 3 aromatic rings. The largest absolute Gasteiger partial charge is 0.492 e. The van der Waals surface area contributed by atoms with Crippen LogP contribution in [0.4, 0.5) is 5.69 Å². The third-order valence-electron chi connectivity index (χ3n) is 3.80. The number of hydrogen-bond donors (Lipinski definition) is 1. The van der Waals surface area contributed by atoms with Crippen LogP contribution in [-0.4, -0.2) is 13.0 Å². The summed E-state index contributed by atoms with van der Waals surface area (Å²) >= 11 is 4.36. The average molecular weight is 585 g/mol. The van der Waals surface area contributed by atoms with E-state index in [-0.39, 0.29) is 5.91 Å². The van der Waals surface area contributed by atoms with Gasteiger partial charge in [-0.15, -0.1) is 0 Å². The summed E-state index contributed by atoms with van der Waals surface area (Å²) < 4.78 is 13.3. The minimum absolute atomic E-state index is 0.192. The number of carbonyl (C=O) groups excluding carboxylic acids is 1. The third-order valence-corrected chi connectivity index (χ3v) is 5.27. The zero-order chi connectivity index (χ0) is 19.2. The second-order valence-corrected chi connectivity index (χ2v) is 8.14. The van der Waals surface area contributed by atoms with Crippen LogP contribution in [0.2, 0.25) is 0 Å². The molecule has 0 aliphatic rings. The van der Waals surface area contributed by atoms with Gasteiger partial charge in [0.25, 0.3) is 5.91 Å². The van der Waals surface area contributed by atoms with Crippen molar-refractivity contribution in [2.24, 2.45) is 0 Å². The lowest BCUT2D eigenvalue weighted by Gasteiger charge is -2.14. The van der Waals surface area contributed by atoms with Crippen LogP contribution in [-0.2, 0) is 6.61 Å². The van der Waals surface area contributed by atoms with E-state index < -0.39 is 0 Å². The lowest BCUT2D eigenvalue weighted by Crippen LogP contribution is -2.13. The van der Waals surface area contributed by atoms with E-state index in [0.29, 0.717) is 23.7 Å². The van der Waals surface area contributed by atoms with Crippen LogP contribution in [0.1, 0.15) is 15.9 Å². The molecular weight excluding hydrogens is 568 g/mol. The van der Waals surface area contributed by atoms with Crippen molar-refractivity contribution in [1.29, 1.82) is 0 Å². The maximum Gasteiger partial charge on any atom is 0.255 e. The predicted octanol–water partition coefficient (Wildman–Crippen LogP) is 5.74. The van der Waals surface area contributed by atoms with Gasteiger partial charge >= 0.3 is 0 Å². The van der Waals surface area contributed by atoms with Crippen molar-refractivity contribution in [3.05, 3.63) is 85.0 Å². The maximum atomic E-state index is 12.7. The van der Waals surface area contributed by atoms with E-state index in [1.54, 1.807) is 19.2 Å². The van der Waals surface area contributed by atoms with Crippen LogP contribution in [0.25, 0.3) is 0 Å². The van der Waals surface area contributed by atoms with Gasteiger partial charge in [-0.05, 0) is 81.1 Å². The Morgan fingerprint density at radius 3 is 2.48 bits per heavy atom. The van der Waals surface area contributed by atoms with Crippen LogP contribution in [0, 0.1) is 7.14 Å². The number of carbonyl (C=O) groups is 1. The van der Waals surface area contributed by atoms with Gasteiger partial charge in [-0.2, -0.15) is 0 Å². The molecule has 3 aromatic carbocycles. The molecule has 27 heavy (non-hydrogen) atoms. The monoisotopic (exact) mass is 585 g/mol. The number of anilines is 1. The van der Waals surface area contributed by atoms with Crippen LogP contribution in [0.15, 0.2) is 66.7 Å². The van der Waals surface area contributed by atoms with E-state index in [4.69, 9.17) is 9.47 Å². The van der Waals surface area contributed by atoms with Gasteiger partial charge in [0.15, 0.2) is 11.5 Å². The second kappa shape index (κ2) is 9.41. The predicted molar refractivity (Wildman–Crippen MR) is 124 cm³/mol. The zero-order valence-electron chi connectivity index (χ0n) is 14.5. The Labute approximate surface area is 185 Å². The number of ether oxygens (including phenoxy) is 2. The molecule has 0 saturated heterocycles. The quantitative estimate of drug-likeness (QED) is 0.376. The van der Waals surface area contributed by atoms with Crippen LogP contribution >= 0.6 is 45.2 Å². The molecule has 1 amide bonds. The number of halogens is 2. The van der Waals surface area contributed by atoms with Crippen molar-refractivity contribution in [1.82, 2.24) is 0 Å². The SMILES string of the molecule is COc1c(I)cc(C(=O)Nc2cccc(I)c2)cc1OCc1ccccc1. The fourth-order valence-corrected chi connectivity index (χ4v) is 3.87. The highest BCUT2D eigenvalue weighted by Crippen LogP contribution is 2.34. The fourth-order valence-electron chi connectivity index (χ4n) is 2.51. The van der Waals surface area contributed by atoms with E-state index >= 15 is 0 Å². The molecule has 6 heteroatoms. The van der Waals surface area contributed by atoms with Gasteiger partial charge in [0, 0.05) is 14.8 Å². The van der Waals surface area contributed by atoms with Gasteiger partial charge in [-0.3, -0.25) is 4.79 Å². The van der Waals surface area contributed by atoms with Gasteiger partial charge in [-0.1, -0.05) is 36.4 Å². The number of rotatable bonds is 6. The standard InChI is InChI=1S/C21H17I2NO3/c1-26-20-18(23)10-15(21(25)24-17-9-5-8-16(22)12-17)11-19(20)27-13-14-6-3-2-4-7-14/h2-12H,13H2,1H3,(H,24,25). The summed E-state index contributed by atoms with van der Waals surface area (Å²) in [5.41, 5.74) is 2.31. The molecule has 138 valence electrons. The highest BCUT2D eigenvalue weighted by Gasteiger charge is 2.16. The second-order valence-electron chi connectivity index (χ2n) is 5.73. The summed E-state index contributed by atoms with van der Waals surface area (Å²) in [7, 11) is 1.60. The van der Waals surface area contributed by atoms with Crippen molar-refractivity contribution in [2.45, 2.75) is 6.61 Å². The lowest BCUT2D eigenvalue weighted by molar-refractivity contribution is 0.102. The van der Waals surface area contributed by atoms with Crippen molar-refractivity contribution in [3.63, 3.8) is 0 Å². The minimum atomic E-state index is -0.192. The number of hydrogen-bond acceptors (Lipinski definition) is 3. The summed E-state index contributed by atoms with van der Waals surface area (Å²) in [5.74, 6) is 0.973. The molecular formula is C21H17I2NO3. The molecule has 0 bridgehead atoms. The zero-order valence-corrected chi connectivity index (χ0v) is 18.9. The van der Waals surface area contributed by atoms with E-state index in [9.17, 15) is 4.79 Å². The third kappa shape index (κ3) is 5.35. The van der Waals surface area contributed by atoms with Gasteiger partial charge in [0.05, 0.1) is 10.7 Å². The Balaban J connectivity index is 1.83. The van der Waals surface area contributed by atoms with Crippen LogP contribution < -0.4 is 14.8 Å². The highest BCUT2D eigenvalue weighted by molar-refractivity contribution is 14.1. The number of benzene rings is 3. The number of methoxy groups -OCH3 is 1. The Hall–Kier alpha value is -1.81. The minimum Gasteiger partial charge on any atom is -0.492 e. The van der Waals surface area contributed by atoms with E-state index in [2.05, 4.69) is 50.5 Å². The van der Waals surface area contributed by atoms with Gasteiger partial charge in [0.1, 0.15) is 6.61 Å². The van der Waals surface area contributed by atoms with E-state index in [0.717, 1.165) is 18.4 Å². The smallest absolute Gasteiger partial charge is 0.255 e. The fraction of sp³-hybridized carbons (Fsp3) is 0.0952. The van der Waals surface area contributed by atoms with Crippen molar-refractivity contribution in [3.8, 4) is 11.5 Å². The van der Waals surface area contributed by atoms with Crippen molar-refractivity contribution < 1.29 is 14.3 Å². The average Bonchev–Trinajstić information content (AvgIpc) is 2.66. The Morgan fingerprint density at radius 1 is 1.00 bits per heavy atom. The molecule has 0 aliphatic carbocycles. The van der Waals surface area contributed by atoms with E-state index in [1.807, 2.05) is 54.6 Å². The summed E-state index contributed by atoms with van der Waals surface area (Å²) in [6, 6.07) is 21.0. The summed E-state index contributed by atoms with van der Waals surface area (Å²) in [6.07, 6.45) is 0. The molecule has 0 heterocycles. The first kappa shape index (κ1) is 19.9. The topological polar surface area (TPSA) is 47.6 Å².